The topological polar surface area (TPSA) is 95.9 Å². The lowest BCUT2D eigenvalue weighted by molar-refractivity contribution is -0.132. The fraction of sp³-hybridized carbons (Fsp3) is 0.250. The number of aromatic carboxylic acids is 1. The Balaban J connectivity index is 1.67. The van der Waals surface area contributed by atoms with Crippen LogP contribution in [-0.4, -0.2) is 47.5 Å². The van der Waals surface area contributed by atoms with E-state index in [1.54, 1.807) is 30.1 Å². The lowest BCUT2D eigenvalue weighted by Crippen LogP contribution is -2.29. The lowest BCUT2D eigenvalue weighted by Gasteiger charge is -2.15. The van der Waals surface area contributed by atoms with E-state index in [4.69, 9.17) is 9.84 Å². The Bertz CT molecular complexity index is 892. The third-order valence-electron chi connectivity index (χ3n) is 4.50. The Hall–Kier alpha value is -3.35. The lowest BCUT2D eigenvalue weighted by atomic mass is 10.1. The van der Waals surface area contributed by atoms with Crippen LogP contribution in [0.25, 0.3) is 0 Å². The first-order chi connectivity index (χ1) is 12.8. The van der Waals surface area contributed by atoms with Gasteiger partial charge in [0, 0.05) is 31.3 Å². The number of nitrogens with zero attached hydrogens (tertiary/aromatic N) is 1. The van der Waals surface area contributed by atoms with Crippen molar-refractivity contribution in [2.75, 3.05) is 18.9 Å². The van der Waals surface area contributed by atoms with Crippen LogP contribution in [0.5, 0.6) is 5.75 Å². The molecule has 0 bridgehead atoms. The van der Waals surface area contributed by atoms with Crippen molar-refractivity contribution in [1.82, 2.24) is 4.90 Å². The summed E-state index contributed by atoms with van der Waals surface area (Å²) in [7, 11) is 1.75. The van der Waals surface area contributed by atoms with Crippen molar-refractivity contribution >= 4 is 23.5 Å². The summed E-state index contributed by atoms with van der Waals surface area (Å²) in [5, 5.41) is 11.7. The third-order valence-corrected chi connectivity index (χ3v) is 4.50. The van der Waals surface area contributed by atoms with Gasteiger partial charge in [-0.1, -0.05) is 0 Å². The highest BCUT2D eigenvalue weighted by atomic mass is 16.5. The normalized spacial score (nSPS) is 16.3. The molecular weight excluding hydrogens is 348 g/mol. The van der Waals surface area contributed by atoms with E-state index in [1.807, 2.05) is 6.92 Å². The van der Waals surface area contributed by atoms with Gasteiger partial charge in [0.15, 0.2) is 6.10 Å². The molecule has 3 rings (SSSR count). The van der Waals surface area contributed by atoms with Gasteiger partial charge in [-0.05, 0) is 55.0 Å². The Morgan fingerprint density at radius 1 is 1.15 bits per heavy atom. The molecule has 1 saturated heterocycles. The summed E-state index contributed by atoms with van der Waals surface area (Å²) in [5.41, 5.74) is 1.89. The summed E-state index contributed by atoms with van der Waals surface area (Å²) >= 11 is 0. The molecule has 7 nitrogen and oxygen atoms in total. The predicted octanol–water partition coefficient (Wildman–Crippen LogP) is 2.56. The van der Waals surface area contributed by atoms with Crippen LogP contribution in [0.4, 0.5) is 5.69 Å². The van der Waals surface area contributed by atoms with Crippen LogP contribution in [0.2, 0.25) is 0 Å². The number of aryl methyl sites for hydroxylation is 1. The number of rotatable bonds is 5. The zero-order chi connectivity index (χ0) is 19.6. The molecule has 0 radical (unpaired) electrons. The number of amides is 2. The van der Waals surface area contributed by atoms with E-state index in [2.05, 4.69) is 5.32 Å². The zero-order valence-electron chi connectivity index (χ0n) is 15.1. The van der Waals surface area contributed by atoms with Crippen LogP contribution in [0.1, 0.15) is 32.7 Å². The maximum Gasteiger partial charge on any atom is 0.335 e. The monoisotopic (exact) mass is 368 g/mol. The van der Waals surface area contributed by atoms with Crippen LogP contribution < -0.4 is 10.1 Å². The number of benzene rings is 2. The SMILES string of the molecule is Cc1cc(OC2CCN(C)C2=O)ccc1NC(=O)c1ccc(C(=O)O)cc1. The summed E-state index contributed by atoms with van der Waals surface area (Å²) in [6, 6.07) is 10.9. The first-order valence-corrected chi connectivity index (χ1v) is 8.52. The van der Waals surface area contributed by atoms with E-state index in [1.165, 1.54) is 24.3 Å². The molecule has 1 fully saturated rings. The second-order valence-corrected chi connectivity index (χ2v) is 6.47. The van der Waals surface area contributed by atoms with Gasteiger partial charge in [0.2, 0.25) is 0 Å². The van der Waals surface area contributed by atoms with Gasteiger partial charge in [0.1, 0.15) is 5.75 Å². The van der Waals surface area contributed by atoms with E-state index < -0.39 is 12.1 Å². The molecule has 1 heterocycles. The highest BCUT2D eigenvalue weighted by Gasteiger charge is 2.30. The third kappa shape index (κ3) is 4.08. The fourth-order valence-electron chi connectivity index (χ4n) is 2.87. The highest BCUT2D eigenvalue weighted by Crippen LogP contribution is 2.25. The molecule has 2 N–H and O–H groups in total. The number of likely N-dealkylation sites (tertiary alicyclic amines) is 1. The summed E-state index contributed by atoms with van der Waals surface area (Å²) < 4.78 is 5.76. The number of carbonyl (C=O) groups is 3. The van der Waals surface area contributed by atoms with Gasteiger partial charge in [-0.15, -0.1) is 0 Å². The number of carboxylic acid groups (broad SMARTS) is 1. The summed E-state index contributed by atoms with van der Waals surface area (Å²) in [6.07, 6.45) is 0.182. The molecule has 1 aliphatic heterocycles. The Kier molecular flexibility index (Phi) is 5.12. The zero-order valence-corrected chi connectivity index (χ0v) is 15.1. The number of likely N-dealkylation sites (N-methyl/N-ethyl adjacent to an activating group) is 1. The van der Waals surface area contributed by atoms with Crippen LogP contribution in [-0.2, 0) is 4.79 Å². The van der Waals surface area contributed by atoms with Gasteiger partial charge in [0.05, 0.1) is 5.56 Å². The second-order valence-electron chi connectivity index (χ2n) is 6.47. The average molecular weight is 368 g/mol. The number of anilines is 1. The molecule has 7 heteroatoms. The molecular formula is C20H20N2O5. The Morgan fingerprint density at radius 3 is 2.37 bits per heavy atom. The van der Waals surface area contributed by atoms with Crippen LogP contribution in [0.15, 0.2) is 42.5 Å². The number of carboxylic acids is 1. The standard InChI is InChI=1S/C20H20N2O5/c1-12-11-15(27-17-9-10-22(2)19(17)24)7-8-16(12)21-18(23)13-3-5-14(6-4-13)20(25)26/h3-8,11,17H,9-10H2,1-2H3,(H,21,23)(H,25,26). The molecule has 1 unspecified atom stereocenters. The van der Waals surface area contributed by atoms with Gasteiger partial charge < -0.3 is 20.1 Å². The largest absolute Gasteiger partial charge is 0.481 e. The van der Waals surface area contributed by atoms with Crippen LogP contribution >= 0.6 is 0 Å². The highest BCUT2D eigenvalue weighted by molar-refractivity contribution is 6.05. The number of ether oxygens (including phenoxy) is 1. The smallest absolute Gasteiger partial charge is 0.335 e. The van der Waals surface area contributed by atoms with Crippen LogP contribution in [0, 0.1) is 6.92 Å². The van der Waals surface area contributed by atoms with Crippen molar-refractivity contribution in [1.29, 1.82) is 0 Å². The van der Waals surface area contributed by atoms with Crippen molar-refractivity contribution < 1.29 is 24.2 Å². The molecule has 140 valence electrons. The maximum atomic E-state index is 12.4. The van der Waals surface area contributed by atoms with Crippen molar-refractivity contribution in [2.45, 2.75) is 19.4 Å². The minimum atomic E-state index is -1.04. The Morgan fingerprint density at radius 2 is 1.81 bits per heavy atom. The summed E-state index contributed by atoms with van der Waals surface area (Å²) in [4.78, 5) is 36.8. The number of hydrogen-bond acceptors (Lipinski definition) is 4. The van der Waals surface area contributed by atoms with Crippen LogP contribution in [0.3, 0.4) is 0 Å². The van der Waals surface area contributed by atoms with Crippen molar-refractivity contribution in [3.8, 4) is 5.75 Å². The molecule has 0 aromatic heterocycles. The quantitative estimate of drug-likeness (QED) is 0.846. The van der Waals surface area contributed by atoms with Gasteiger partial charge in [-0.2, -0.15) is 0 Å². The van der Waals surface area contributed by atoms with E-state index in [0.29, 0.717) is 30.0 Å². The maximum absolute atomic E-state index is 12.4. The van der Waals surface area contributed by atoms with Gasteiger partial charge in [-0.3, -0.25) is 9.59 Å². The first kappa shape index (κ1) is 18.4. The fourth-order valence-corrected chi connectivity index (χ4v) is 2.87. The summed E-state index contributed by atoms with van der Waals surface area (Å²) in [5.74, 6) is -0.837. The first-order valence-electron chi connectivity index (χ1n) is 8.52. The van der Waals surface area contributed by atoms with E-state index in [0.717, 1.165) is 5.56 Å². The molecule has 1 aliphatic rings. The molecule has 0 saturated carbocycles. The van der Waals surface area contributed by atoms with Crippen molar-refractivity contribution in [3.63, 3.8) is 0 Å². The molecule has 2 aromatic rings. The van der Waals surface area contributed by atoms with Gasteiger partial charge in [-0.25, -0.2) is 4.79 Å². The number of nitrogens with one attached hydrogen (secondary N) is 1. The molecule has 27 heavy (non-hydrogen) atoms. The van der Waals surface area contributed by atoms with Crippen molar-refractivity contribution in [3.05, 3.63) is 59.2 Å². The average Bonchev–Trinajstić information content (AvgIpc) is 2.96. The molecule has 2 amide bonds. The van der Waals surface area contributed by atoms with E-state index in [9.17, 15) is 14.4 Å². The molecule has 1 atom stereocenters. The number of carbonyl (C=O) groups excluding carboxylic acids is 2. The Labute approximate surface area is 156 Å². The van der Waals surface area contributed by atoms with E-state index in [-0.39, 0.29) is 17.4 Å². The van der Waals surface area contributed by atoms with Crippen molar-refractivity contribution in [2.24, 2.45) is 0 Å². The second kappa shape index (κ2) is 7.49. The number of hydrogen-bond donors (Lipinski definition) is 2. The van der Waals surface area contributed by atoms with Gasteiger partial charge in [0.25, 0.3) is 11.8 Å². The molecule has 0 aliphatic carbocycles. The van der Waals surface area contributed by atoms with Gasteiger partial charge >= 0.3 is 5.97 Å². The van der Waals surface area contributed by atoms with E-state index >= 15 is 0 Å². The summed E-state index contributed by atoms with van der Waals surface area (Å²) in [6.45, 7) is 2.51. The molecule has 2 aromatic carbocycles. The minimum absolute atomic E-state index is 0.0326. The predicted molar refractivity (Wildman–Crippen MR) is 99.2 cm³/mol. The minimum Gasteiger partial charge on any atom is -0.481 e. The molecule has 0 spiro atoms.